The summed E-state index contributed by atoms with van der Waals surface area (Å²) >= 11 is 0. The summed E-state index contributed by atoms with van der Waals surface area (Å²) in [6, 6.07) is 6.40. The number of carbonyl (C=O) groups is 1. The molecule has 1 saturated heterocycles. The van der Waals surface area contributed by atoms with E-state index in [1.807, 2.05) is 12.1 Å². The van der Waals surface area contributed by atoms with Crippen LogP contribution in [0.4, 0.5) is 5.69 Å². The smallest absolute Gasteiger partial charge is 0.218 e. The molecule has 1 aliphatic heterocycles. The van der Waals surface area contributed by atoms with E-state index in [2.05, 4.69) is 23.2 Å². The normalized spacial score (nSPS) is 16.9. The van der Waals surface area contributed by atoms with Crippen molar-refractivity contribution in [1.29, 1.82) is 0 Å². The fourth-order valence-corrected chi connectivity index (χ4v) is 2.84. The predicted molar refractivity (Wildman–Crippen MR) is 84.0 cm³/mol. The fourth-order valence-electron chi connectivity index (χ4n) is 2.84. The van der Waals surface area contributed by atoms with Gasteiger partial charge >= 0.3 is 0 Å². The average Bonchev–Trinajstić information content (AvgIpc) is 2.48. The van der Waals surface area contributed by atoms with Crippen molar-refractivity contribution < 1.29 is 9.90 Å². The quantitative estimate of drug-likeness (QED) is 0.737. The van der Waals surface area contributed by atoms with Gasteiger partial charge in [0.1, 0.15) is 0 Å². The number of anilines is 1. The molecule has 0 aliphatic carbocycles. The van der Waals surface area contributed by atoms with Gasteiger partial charge in [-0.3, -0.25) is 4.79 Å². The van der Waals surface area contributed by atoms with E-state index in [0.717, 1.165) is 49.3 Å². The summed E-state index contributed by atoms with van der Waals surface area (Å²) in [5.41, 5.74) is 8.37. The number of nitrogens with zero attached hydrogens (tertiary/aromatic N) is 1. The maximum atomic E-state index is 10.8. The van der Waals surface area contributed by atoms with E-state index in [9.17, 15) is 9.90 Å². The highest BCUT2D eigenvalue weighted by Crippen LogP contribution is 2.24. The van der Waals surface area contributed by atoms with E-state index in [1.165, 1.54) is 0 Å². The number of nitrogens with one attached hydrogen (secondary N) is 1. The number of hydrogen-bond donors (Lipinski definition) is 3. The Kier molecular flexibility index (Phi) is 5.59. The second-order valence-electron chi connectivity index (χ2n) is 5.74. The first-order chi connectivity index (χ1) is 10.1. The molecule has 1 aliphatic rings. The van der Waals surface area contributed by atoms with Crippen molar-refractivity contribution in [3.05, 3.63) is 29.3 Å². The molecule has 1 aromatic rings. The van der Waals surface area contributed by atoms with E-state index >= 15 is 0 Å². The molecule has 0 radical (unpaired) electrons. The van der Waals surface area contributed by atoms with Gasteiger partial charge in [0.15, 0.2) is 0 Å². The third kappa shape index (κ3) is 4.44. The lowest BCUT2D eigenvalue weighted by molar-refractivity contribution is -0.118. The molecule has 1 aromatic carbocycles. The molecule has 0 saturated carbocycles. The van der Waals surface area contributed by atoms with Crippen molar-refractivity contribution in [2.24, 2.45) is 5.73 Å². The van der Waals surface area contributed by atoms with Crippen LogP contribution in [0.5, 0.6) is 0 Å². The number of piperidine rings is 1. The predicted octanol–water partition coefficient (Wildman–Crippen LogP) is 1.24. The first-order valence-electron chi connectivity index (χ1n) is 7.56. The first-order valence-corrected chi connectivity index (χ1v) is 7.56. The third-order valence-electron chi connectivity index (χ3n) is 4.14. The number of rotatable bonds is 6. The molecule has 1 heterocycles. The number of para-hydroxylation sites is 1. The molecule has 4 N–H and O–H groups in total. The van der Waals surface area contributed by atoms with E-state index in [1.54, 1.807) is 0 Å². The summed E-state index contributed by atoms with van der Waals surface area (Å²) < 4.78 is 0. The van der Waals surface area contributed by atoms with Gasteiger partial charge < -0.3 is 21.1 Å². The van der Waals surface area contributed by atoms with Crippen LogP contribution in [-0.4, -0.2) is 41.6 Å². The Hall–Kier alpha value is -1.59. The summed E-state index contributed by atoms with van der Waals surface area (Å²) in [7, 11) is 0. The molecule has 0 aromatic heterocycles. The molecule has 1 amide bonds. The largest absolute Gasteiger partial charge is 0.392 e. The molecule has 21 heavy (non-hydrogen) atoms. The van der Waals surface area contributed by atoms with Crippen LogP contribution in [0.2, 0.25) is 0 Å². The Morgan fingerprint density at radius 2 is 2.14 bits per heavy atom. The lowest BCUT2D eigenvalue weighted by Gasteiger charge is -2.33. The number of aliphatic hydroxyl groups excluding tert-OH is 1. The summed E-state index contributed by atoms with van der Waals surface area (Å²) in [5, 5.41) is 13.0. The van der Waals surface area contributed by atoms with Crippen LogP contribution in [0.15, 0.2) is 18.2 Å². The van der Waals surface area contributed by atoms with Crippen molar-refractivity contribution in [3.8, 4) is 0 Å². The number of carbonyl (C=O) groups excluding carboxylic acids is 1. The third-order valence-corrected chi connectivity index (χ3v) is 4.14. The number of likely N-dealkylation sites (tertiary alicyclic amines) is 1. The zero-order valence-corrected chi connectivity index (χ0v) is 12.6. The van der Waals surface area contributed by atoms with Crippen LogP contribution in [0.25, 0.3) is 0 Å². The summed E-state index contributed by atoms with van der Waals surface area (Å²) in [4.78, 5) is 13.1. The molecule has 5 nitrogen and oxygen atoms in total. The van der Waals surface area contributed by atoms with Crippen molar-refractivity contribution in [2.75, 3.05) is 25.0 Å². The lowest BCUT2D eigenvalue weighted by atomic mass is 10.0. The highest BCUT2D eigenvalue weighted by molar-refractivity contribution is 5.73. The number of benzene rings is 1. The minimum absolute atomic E-state index is 0.0570. The molecule has 0 bridgehead atoms. The number of amides is 1. The van der Waals surface area contributed by atoms with E-state index in [-0.39, 0.29) is 12.5 Å². The Bertz CT molecular complexity index is 482. The van der Waals surface area contributed by atoms with Gasteiger partial charge in [0.05, 0.1) is 6.61 Å². The van der Waals surface area contributed by atoms with Gasteiger partial charge in [0.2, 0.25) is 5.91 Å². The van der Waals surface area contributed by atoms with Crippen molar-refractivity contribution in [3.63, 3.8) is 0 Å². The van der Waals surface area contributed by atoms with Crippen LogP contribution < -0.4 is 11.1 Å². The SMILES string of the molecule is Cc1cccc(CO)c1NC1CCN(CCC(N)=O)CC1. The fraction of sp³-hybridized carbons (Fsp3) is 0.562. The molecule has 0 unspecified atom stereocenters. The highest BCUT2D eigenvalue weighted by atomic mass is 16.3. The second-order valence-corrected chi connectivity index (χ2v) is 5.74. The Morgan fingerprint density at radius 1 is 1.43 bits per heavy atom. The maximum Gasteiger partial charge on any atom is 0.218 e. The van der Waals surface area contributed by atoms with E-state index in [4.69, 9.17) is 5.73 Å². The van der Waals surface area contributed by atoms with Gasteiger partial charge in [-0.25, -0.2) is 0 Å². The first kappa shape index (κ1) is 15.8. The van der Waals surface area contributed by atoms with Gasteiger partial charge in [-0.2, -0.15) is 0 Å². The number of nitrogens with two attached hydrogens (primary N) is 1. The standard InChI is InChI=1S/C16H25N3O2/c1-12-3-2-4-13(11-20)16(12)18-14-5-8-19(9-6-14)10-7-15(17)21/h2-4,14,18,20H,5-11H2,1H3,(H2,17,21). The second kappa shape index (κ2) is 7.43. The molecule has 5 heteroatoms. The van der Waals surface area contributed by atoms with E-state index in [0.29, 0.717) is 12.5 Å². The number of aryl methyl sites for hydroxylation is 1. The van der Waals surface area contributed by atoms with Crippen LogP contribution >= 0.6 is 0 Å². The maximum absolute atomic E-state index is 10.8. The highest BCUT2D eigenvalue weighted by Gasteiger charge is 2.20. The molecule has 116 valence electrons. The molecule has 0 atom stereocenters. The summed E-state index contributed by atoms with van der Waals surface area (Å²) in [6.45, 7) is 4.83. The minimum Gasteiger partial charge on any atom is -0.392 e. The van der Waals surface area contributed by atoms with Crippen molar-refractivity contribution >= 4 is 11.6 Å². The van der Waals surface area contributed by atoms with Crippen molar-refractivity contribution in [2.45, 2.75) is 38.8 Å². The molecule has 0 spiro atoms. The number of hydrogen-bond acceptors (Lipinski definition) is 4. The van der Waals surface area contributed by atoms with Gasteiger partial charge in [0, 0.05) is 43.3 Å². The molecule has 1 fully saturated rings. The van der Waals surface area contributed by atoms with E-state index < -0.39 is 0 Å². The Balaban J connectivity index is 1.88. The number of primary amides is 1. The zero-order chi connectivity index (χ0) is 15.2. The van der Waals surface area contributed by atoms with Gasteiger partial charge in [-0.05, 0) is 25.3 Å². The van der Waals surface area contributed by atoms with Gasteiger partial charge in [-0.1, -0.05) is 18.2 Å². The van der Waals surface area contributed by atoms with Crippen molar-refractivity contribution in [1.82, 2.24) is 4.90 Å². The zero-order valence-electron chi connectivity index (χ0n) is 12.6. The minimum atomic E-state index is -0.234. The van der Waals surface area contributed by atoms with Gasteiger partial charge in [-0.15, -0.1) is 0 Å². The topological polar surface area (TPSA) is 78.6 Å². The monoisotopic (exact) mass is 291 g/mol. The molecular weight excluding hydrogens is 266 g/mol. The Morgan fingerprint density at radius 3 is 2.76 bits per heavy atom. The average molecular weight is 291 g/mol. The molecule has 2 rings (SSSR count). The van der Waals surface area contributed by atoms with Crippen LogP contribution in [0.3, 0.4) is 0 Å². The van der Waals surface area contributed by atoms with Crippen LogP contribution in [-0.2, 0) is 11.4 Å². The Labute approximate surface area is 126 Å². The van der Waals surface area contributed by atoms with Crippen LogP contribution in [0.1, 0.15) is 30.4 Å². The number of aliphatic hydroxyl groups is 1. The summed E-state index contributed by atoms with van der Waals surface area (Å²) in [5.74, 6) is -0.234. The van der Waals surface area contributed by atoms with Gasteiger partial charge in [0.25, 0.3) is 0 Å². The lowest BCUT2D eigenvalue weighted by Crippen LogP contribution is -2.40. The summed E-state index contributed by atoms with van der Waals surface area (Å²) in [6.07, 6.45) is 2.51. The molecular formula is C16H25N3O2. The van der Waals surface area contributed by atoms with Crippen LogP contribution in [0, 0.1) is 6.92 Å².